The molecule has 27 heavy (non-hydrogen) atoms. The lowest BCUT2D eigenvalue weighted by Crippen LogP contribution is -2.45. The van der Waals surface area contributed by atoms with E-state index in [0.717, 1.165) is 0 Å². The first kappa shape index (κ1) is 17.2. The number of nitrogens with zero attached hydrogens (tertiary/aromatic N) is 1. The van der Waals surface area contributed by atoms with Crippen molar-refractivity contribution in [2.75, 3.05) is 4.90 Å². The molecule has 4 heteroatoms. The summed E-state index contributed by atoms with van der Waals surface area (Å²) < 4.78 is 0. The molecule has 1 amide bonds. The molecule has 4 rings (SSSR count). The van der Waals surface area contributed by atoms with Crippen molar-refractivity contribution in [1.82, 2.24) is 0 Å². The lowest BCUT2D eigenvalue weighted by Gasteiger charge is -2.35. The van der Waals surface area contributed by atoms with E-state index in [4.69, 9.17) is 0 Å². The van der Waals surface area contributed by atoms with Crippen molar-refractivity contribution in [2.45, 2.75) is 19.1 Å². The molecule has 1 N–H and O–H groups in total. The molecular formula is C23H19NO3. The minimum Gasteiger partial charge on any atom is -0.363 e. The van der Waals surface area contributed by atoms with E-state index in [-0.39, 0.29) is 11.7 Å². The third-order valence-electron chi connectivity index (χ3n) is 5.00. The van der Waals surface area contributed by atoms with Crippen LogP contribution in [0.1, 0.15) is 45.2 Å². The number of amides is 1. The van der Waals surface area contributed by atoms with Gasteiger partial charge in [-0.3, -0.25) is 14.5 Å². The van der Waals surface area contributed by atoms with Crippen LogP contribution >= 0.6 is 0 Å². The van der Waals surface area contributed by atoms with Crippen LogP contribution in [0.5, 0.6) is 0 Å². The fraction of sp³-hybridized carbons (Fsp3) is 0.130. The largest absolute Gasteiger partial charge is 0.363 e. The Hall–Kier alpha value is -3.24. The number of hydrogen-bond donors (Lipinski definition) is 1. The number of ketones is 1. The van der Waals surface area contributed by atoms with Crippen molar-refractivity contribution in [3.8, 4) is 0 Å². The zero-order chi connectivity index (χ0) is 19.0. The second-order valence-corrected chi connectivity index (χ2v) is 6.55. The van der Waals surface area contributed by atoms with Gasteiger partial charge in [0.05, 0.1) is 0 Å². The molecule has 134 valence electrons. The quantitative estimate of drug-likeness (QED) is 0.714. The van der Waals surface area contributed by atoms with Gasteiger partial charge in [0.2, 0.25) is 0 Å². The number of anilines is 1. The van der Waals surface area contributed by atoms with E-state index in [9.17, 15) is 14.7 Å². The summed E-state index contributed by atoms with van der Waals surface area (Å²) in [6.07, 6.45) is 0.418. The van der Waals surface area contributed by atoms with Crippen LogP contribution in [0.15, 0.2) is 78.9 Å². The van der Waals surface area contributed by atoms with Gasteiger partial charge in [0.25, 0.3) is 5.91 Å². The number of hydrogen-bond acceptors (Lipinski definition) is 3. The molecule has 1 unspecified atom stereocenters. The minimum atomic E-state index is -1.61. The number of carbonyl (C=O) groups is 2. The topological polar surface area (TPSA) is 57.6 Å². The molecule has 0 aliphatic carbocycles. The van der Waals surface area contributed by atoms with Crippen molar-refractivity contribution in [3.63, 3.8) is 0 Å². The number of fused-ring (bicyclic) bond motifs is 1. The van der Waals surface area contributed by atoms with Gasteiger partial charge in [-0.2, -0.15) is 0 Å². The van der Waals surface area contributed by atoms with Gasteiger partial charge in [-0.1, -0.05) is 55.5 Å². The van der Waals surface area contributed by atoms with Gasteiger partial charge in [0, 0.05) is 34.4 Å². The molecule has 1 aliphatic rings. The molecule has 0 radical (unpaired) electrons. The Balaban J connectivity index is 1.88. The number of aliphatic hydroxyl groups is 1. The molecule has 0 bridgehead atoms. The highest BCUT2D eigenvalue weighted by Crippen LogP contribution is 2.44. The first-order valence-corrected chi connectivity index (χ1v) is 8.92. The van der Waals surface area contributed by atoms with Gasteiger partial charge in [0.15, 0.2) is 11.5 Å². The third kappa shape index (κ3) is 2.57. The highest BCUT2D eigenvalue weighted by Gasteiger charge is 2.50. The predicted molar refractivity (Wildman–Crippen MR) is 104 cm³/mol. The van der Waals surface area contributed by atoms with E-state index >= 15 is 0 Å². The Kier molecular flexibility index (Phi) is 4.13. The van der Waals surface area contributed by atoms with Crippen molar-refractivity contribution < 1.29 is 14.7 Å². The summed E-state index contributed by atoms with van der Waals surface area (Å²) in [7, 11) is 0. The lowest BCUT2D eigenvalue weighted by atomic mass is 9.93. The summed E-state index contributed by atoms with van der Waals surface area (Å²) >= 11 is 0. The molecule has 3 aromatic carbocycles. The van der Waals surface area contributed by atoms with Gasteiger partial charge in [-0.25, -0.2) is 0 Å². The summed E-state index contributed by atoms with van der Waals surface area (Å²) in [4.78, 5) is 26.5. The summed E-state index contributed by atoms with van der Waals surface area (Å²) in [5, 5.41) is 11.8. The maximum Gasteiger partial charge on any atom is 0.261 e. The van der Waals surface area contributed by atoms with E-state index < -0.39 is 5.72 Å². The molecule has 0 aromatic heterocycles. The van der Waals surface area contributed by atoms with Crippen LogP contribution < -0.4 is 4.90 Å². The van der Waals surface area contributed by atoms with E-state index in [2.05, 4.69) is 0 Å². The van der Waals surface area contributed by atoms with E-state index in [1.807, 2.05) is 31.2 Å². The molecule has 1 heterocycles. The van der Waals surface area contributed by atoms with Crippen molar-refractivity contribution in [3.05, 3.63) is 101 Å². The first-order chi connectivity index (χ1) is 13.1. The van der Waals surface area contributed by atoms with E-state index in [1.54, 1.807) is 54.6 Å². The van der Waals surface area contributed by atoms with Crippen LogP contribution in [0.25, 0.3) is 0 Å². The molecule has 0 fully saturated rings. The lowest BCUT2D eigenvalue weighted by molar-refractivity contribution is 0.0703. The van der Waals surface area contributed by atoms with Crippen LogP contribution in [0, 0.1) is 0 Å². The van der Waals surface area contributed by atoms with E-state index in [1.165, 1.54) is 4.90 Å². The van der Waals surface area contributed by atoms with Gasteiger partial charge >= 0.3 is 0 Å². The van der Waals surface area contributed by atoms with Crippen LogP contribution in [0.2, 0.25) is 0 Å². The standard InChI is InChI=1S/C23H19NO3/c1-2-21(25)16-12-14-18(15-13-16)24-22(26)19-10-6-7-11-20(19)23(24,27)17-8-4-3-5-9-17/h3-15,27H,2H2,1H3. The van der Waals surface area contributed by atoms with Gasteiger partial charge in [-0.05, 0) is 30.3 Å². The van der Waals surface area contributed by atoms with Crippen LogP contribution in [0.4, 0.5) is 5.69 Å². The Bertz CT molecular complexity index is 1010. The van der Waals surface area contributed by atoms with E-state index in [0.29, 0.717) is 34.4 Å². The number of rotatable bonds is 4. The second-order valence-electron chi connectivity index (χ2n) is 6.55. The Morgan fingerprint density at radius 2 is 1.56 bits per heavy atom. The average Bonchev–Trinajstić information content (AvgIpc) is 2.96. The fourth-order valence-corrected chi connectivity index (χ4v) is 3.62. The van der Waals surface area contributed by atoms with Gasteiger partial charge < -0.3 is 5.11 Å². The van der Waals surface area contributed by atoms with Crippen molar-refractivity contribution in [1.29, 1.82) is 0 Å². The number of Topliss-reactive ketones (excluding diaryl/α,β-unsaturated/α-hetero) is 1. The van der Waals surface area contributed by atoms with Crippen LogP contribution in [-0.2, 0) is 5.72 Å². The van der Waals surface area contributed by atoms with Crippen LogP contribution in [-0.4, -0.2) is 16.8 Å². The van der Waals surface area contributed by atoms with Crippen molar-refractivity contribution >= 4 is 17.4 Å². The van der Waals surface area contributed by atoms with Crippen LogP contribution in [0.3, 0.4) is 0 Å². The maximum absolute atomic E-state index is 13.2. The molecule has 1 aliphatic heterocycles. The summed E-state index contributed by atoms with van der Waals surface area (Å²) in [5.41, 5.74) is 1.15. The SMILES string of the molecule is CCC(=O)c1ccc(N2C(=O)c3ccccc3C2(O)c2ccccc2)cc1. The molecule has 0 saturated heterocycles. The summed E-state index contributed by atoms with van der Waals surface area (Å²) in [6.45, 7) is 1.81. The maximum atomic E-state index is 13.2. The summed E-state index contributed by atoms with van der Waals surface area (Å²) in [5.74, 6) is -0.234. The fourth-order valence-electron chi connectivity index (χ4n) is 3.62. The average molecular weight is 357 g/mol. The molecule has 3 aromatic rings. The zero-order valence-corrected chi connectivity index (χ0v) is 14.9. The highest BCUT2D eigenvalue weighted by atomic mass is 16.3. The molecule has 0 saturated carbocycles. The highest BCUT2D eigenvalue weighted by molar-refractivity contribution is 6.12. The minimum absolute atomic E-state index is 0.0379. The van der Waals surface area contributed by atoms with Gasteiger partial charge in [-0.15, -0.1) is 0 Å². The smallest absolute Gasteiger partial charge is 0.261 e. The monoisotopic (exact) mass is 357 g/mol. The molecule has 1 atom stereocenters. The Morgan fingerprint density at radius 3 is 2.22 bits per heavy atom. The van der Waals surface area contributed by atoms with Gasteiger partial charge in [0.1, 0.15) is 0 Å². The number of carbonyl (C=O) groups excluding carboxylic acids is 2. The number of benzene rings is 3. The Morgan fingerprint density at radius 1 is 0.926 bits per heavy atom. The zero-order valence-electron chi connectivity index (χ0n) is 14.9. The normalized spacial score (nSPS) is 18.4. The summed E-state index contributed by atoms with van der Waals surface area (Å²) in [6, 6.07) is 23.0. The third-order valence-corrected chi connectivity index (χ3v) is 5.00. The van der Waals surface area contributed by atoms with Crippen molar-refractivity contribution in [2.24, 2.45) is 0 Å². The first-order valence-electron chi connectivity index (χ1n) is 8.92. The second kappa shape index (κ2) is 6.49. The predicted octanol–water partition coefficient (Wildman–Crippen LogP) is 4.13. The Labute approximate surface area is 157 Å². The molecule has 0 spiro atoms. The molecule has 4 nitrogen and oxygen atoms in total. The molecular weight excluding hydrogens is 338 g/mol.